The Balaban J connectivity index is 0.00000220. The number of methoxy groups -OCH3 is 1. The molecule has 0 radical (unpaired) electrons. The number of carbonyl (C=O) groups is 1. The van der Waals surface area contributed by atoms with Crippen LogP contribution in [0.25, 0.3) is 0 Å². The van der Waals surface area contributed by atoms with E-state index in [9.17, 15) is 4.79 Å². The standard InChI is InChI=1S/C15H28N2O3.ClH/c1-19-13-4-2-11(3-5-13)10-17-15(18)14(16)12-6-8-20-9-7-12;/h11-14H,2-10,16H2,1H3,(H,17,18);1H. The predicted molar refractivity (Wildman–Crippen MR) is 84.5 cm³/mol. The Kier molecular flexibility index (Phi) is 8.56. The zero-order valence-corrected chi connectivity index (χ0v) is 13.7. The summed E-state index contributed by atoms with van der Waals surface area (Å²) in [6.07, 6.45) is 6.66. The average molecular weight is 321 g/mol. The fraction of sp³-hybridized carbons (Fsp3) is 0.933. The second-order valence-corrected chi connectivity index (χ2v) is 6.10. The van der Waals surface area contributed by atoms with Gasteiger partial charge in [0.1, 0.15) is 0 Å². The summed E-state index contributed by atoms with van der Waals surface area (Å²) in [4.78, 5) is 12.1. The van der Waals surface area contributed by atoms with Crippen LogP contribution in [0.15, 0.2) is 0 Å². The molecule has 1 unspecified atom stereocenters. The molecule has 1 aliphatic carbocycles. The van der Waals surface area contributed by atoms with E-state index < -0.39 is 0 Å². The molecule has 124 valence electrons. The van der Waals surface area contributed by atoms with Crippen molar-refractivity contribution < 1.29 is 14.3 Å². The van der Waals surface area contributed by atoms with Crippen LogP contribution in [0.1, 0.15) is 38.5 Å². The normalized spacial score (nSPS) is 28.5. The van der Waals surface area contributed by atoms with Gasteiger partial charge in [0, 0.05) is 26.9 Å². The Morgan fingerprint density at radius 3 is 2.43 bits per heavy atom. The van der Waals surface area contributed by atoms with Crippen LogP contribution in [-0.2, 0) is 14.3 Å². The third-order valence-electron chi connectivity index (χ3n) is 4.77. The Labute approximate surface area is 133 Å². The number of hydrogen-bond donors (Lipinski definition) is 2. The molecule has 1 amide bonds. The van der Waals surface area contributed by atoms with E-state index in [0.29, 0.717) is 12.0 Å². The Morgan fingerprint density at radius 1 is 1.24 bits per heavy atom. The summed E-state index contributed by atoms with van der Waals surface area (Å²) >= 11 is 0. The van der Waals surface area contributed by atoms with Gasteiger partial charge < -0.3 is 20.5 Å². The number of hydrogen-bond acceptors (Lipinski definition) is 4. The molecule has 2 rings (SSSR count). The molecule has 1 saturated carbocycles. The summed E-state index contributed by atoms with van der Waals surface area (Å²) in [5.41, 5.74) is 6.06. The maximum atomic E-state index is 12.1. The Bertz CT molecular complexity index is 303. The summed E-state index contributed by atoms with van der Waals surface area (Å²) in [5.74, 6) is 0.853. The first-order valence-electron chi connectivity index (χ1n) is 7.84. The molecular weight excluding hydrogens is 292 g/mol. The van der Waals surface area contributed by atoms with Crippen molar-refractivity contribution in [2.45, 2.75) is 50.7 Å². The average Bonchev–Trinajstić information content (AvgIpc) is 2.53. The number of amides is 1. The first-order valence-corrected chi connectivity index (χ1v) is 7.84. The van der Waals surface area contributed by atoms with Crippen LogP contribution in [0.3, 0.4) is 0 Å². The van der Waals surface area contributed by atoms with Crippen molar-refractivity contribution in [2.24, 2.45) is 17.6 Å². The quantitative estimate of drug-likeness (QED) is 0.805. The van der Waals surface area contributed by atoms with Crippen LogP contribution in [0.4, 0.5) is 0 Å². The van der Waals surface area contributed by atoms with Gasteiger partial charge in [0.25, 0.3) is 0 Å². The first kappa shape index (κ1) is 18.7. The highest BCUT2D eigenvalue weighted by Gasteiger charge is 2.27. The van der Waals surface area contributed by atoms with Gasteiger partial charge in [-0.25, -0.2) is 0 Å². The van der Waals surface area contributed by atoms with Crippen molar-refractivity contribution in [3.05, 3.63) is 0 Å². The Morgan fingerprint density at radius 2 is 1.86 bits per heavy atom. The van der Waals surface area contributed by atoms with Crippen LogP contribution >= 0.6 is 12.4 Å². The van der Waals surface area contributed by atoms with Crippen molar-refractivity contribution >= 4 is 18.3 Å². The molecular formula is C15H29ClN2O3. The lowest BCUT2D eigenvalue weighted by atomic mass is 9.87. The smallest absolute Gasteiger partial charge is 0.237 e. The number of carbonyl (C=O) groups excluding carboxylic acids is 1. The van der Waals surface area contributed by atoms with Crippen LogP contribution in [0.5, 0.6) is 0 Å². The maximum Gasteiger partial charge on any atom is 0.237 e. The zero-order valence-electron chi connectivity index (χ0n) is 12.9. The molecule has 0 aromatic rings. The summed E-state index contributed by atoms with van der Waals surface area (Å²) < 4.78 is 10.7. The minimum absolute atomic E-state index is 0. The second kappa shape index (κ2) is 9.62. The Hall–Kier alpha value is -0.360. The number of nitrogens with two attached hydrogens (primary N) is 1. The van der Waals surface area contributed by atoms with E-state index in [1.807, 2.05) is 0 Å². The molecule has 2 fully saturated rings. The summed E-state index contributed by atoms with van der Waals surface area (Å²) in [6, 6.07) is -0.380. The highest BCUT2D eigenvalue weighted by molar-refractivity contribution is 5.85. The lowest BCUT2D eigenvalue weighted by Gasteiger charge is -2.29. The van der Waals surface area contributed by atoms with Crippen molar-refractivity contribution in [2.75, 3.05) is 26.9 Å². The largest absolute Gasteiger partial charge is 0.381 e. The number of nitrogens with one attached hydrogen (secondary N) is 1. The predicted octanol–water partition coefficient (Wildman–Crippen LogP) is 1.48. The second-order valence-electron chi connectivity index (χ2n) is 6.10. The lowest BCUT2D eigenvalue weighted by molar-refractivity contribution is -0.124. The van der Waals surface area contributed by atoms with Gasteiger partial charge in [0.2, 0.25) is 5.91 Å². The molecule has 3 N–H and O–H groups in total. The van der Waals surface area contributed by atoms with E-state index in [0.717, 1.165) is 58.3 Å². The van der Waals surface area contributed by atoms with Crippen LogP contribution in [0.2, 0.25) is 0 Å². The lowest BCUT2D eigenvalue weighted by Crippen LogP contribution is -2.48. The van der Waals surface area contributed by atoms with Gasteiger partial charge in [-0.05, 0) is 50.4 Å². The van der Waals surface area contributed by atoms with Crippen LogP contribution in [0, 0.1) is 11.8 Å². The third-order valence-corrected chi connectivity index (χ3v) is 4.77. The molecule has 1 heterocycles. The van der Waals surface area contributed by atoms with Gasteiger partial charge in [0.05, 0.1) is 12.1 Å². The van der Waals surface area contributed by atoms with E-state index >= 15 is 0 Å². The highest BCUT2D eigenvalue weighted by atomic mass is 35.5. The molecule has 21 heavy (non-hydrogen) atoms. The first-order chi connectivity index (χ1) is 9.70. The van der Waals surface area contributed by atoms with E-state index in [2.05, 4.69) is 5.32 Å². The van der Waals surface area contributed by atoms with Gasteiger partial charge >= 0.3 is 0 Å². The van der Waals surface area contributed by atoms with Crippen molar-refractivity contribution in [1.82, 2.24) is 5.32 Å². The van der Waals surface area contributed by atoms with E-state index in [1.165, 1.54) is 0 Å². The molecule has 0 bridgehead atoms. The highest BCUT2D eigenvalue weighted by Crippen LogP contribution is 2.25. The number of rotatable bonds is 5. The number of ether oxygens (including phenoxy) is 2. The maximum absolute atomic E-state index is 12.1. The van der Waals surface area contributed by atoms with E-state index in [4.69, 9.17) is 15.2 Å². The molecule has 0 spiro atoms. The van der Waals surface area contributed by atoms with Gasteiger partial charge in [0.15, 0.2) is 0 Å². The monoisotopic (exact) mass is 320 g/mol. The molecule has 1 atom stereocenters. The summed E-state index contributed by atoms with van der Waals surface area (Å²) in [7, 11) is 1.78. The molecule has 6 heteroatoms. The van der Waals surface area contributed by atoms with Gasteiger partial charge in [-0.3, -0.25) is 4.79 Å². The molecule has 0 aromatic carbocycles. The van der Waals surface area contributed by atoms with Crippen molar-refractivity contribution in [3.63, 3.8) is 0 Å². The summed E-state index contributed by atoms with van der Waals surface area (Å²) in [5, 5.41) is 3.04. The molecule has 1 saturated heterocycles. The van der Waals surface area contributed by atoms with Crippen LogP contribution < -0.4 is 11.1 Å². The fourth-order valence-corrected chi connectivity index (χ4v) is 3.22. The minimum Gasteiger partial charge on any atom is -0.381 e. The van der Waals surface area contributed by atoms with Gasteiger partial charge in [-0.15, -0.1) is 12.4 Å². The van der Waals surface area contributed by atoms with Crippen LogP contribution in [-0.4, -0.2) is 44.9 Å². The molecule has 1 aliphatic heterocycles. The molecule has 2 aliphatic rings. The van der Waals surface area contributed by atoms with E-state index in [1.54, 1.807) is 7.11 Å². The fourth-order valence-electron chi connectivity index (χ4n) is 3.22. The van der Waals surface area contributed by atoms with Crippen molar-refractivity contribution in [1.29, 1.82) is 0 Å². The zero-order chi connectivity index (χ0) is 14.4. The number of halogens is 1. The SMILES string of the molecule is COC1CCC(CNC(=O)C(N)C2CCOCC2)CC1.Cl. The van der Waals surface area contributed by atoms with Gasteiger partial charge in [-0.1, -0.05) is 0 Å². The third kappa shape index (κ3) is 5.74. The van der Waals surface area contributed by atoms with Crippen molar-refractivity contribution in [3.8, 4) is 0 Å². The van der Waals surface area contributed by atoms with E-state index in [-0.39, 0.29) is 30.3 Å². The minimum atomic E-state index is -0.380. The summed E-state index contributed by atoms with van der Waals surface area (Å²) in [6.45, 7) is 2.21. The molecule has 5 nitrogen and oxygen atoms in total. The molecule has 0 aromatic heterocycles. The topological polar surface area (TPSA) is 73.6 Å². The van der Waals surface area contributed by atoms with Gasteiger partial charge in [-0.2, -0.15) is 0 Å².